The predicted octanol–water partition coefficient (Wildman–Crippen LogP) is 7.98. The lowest BCUT2D eigenvalue weighted by Crippen LogP contribution is -2.24. The predicted molar refractivity (Wildman–Crippen MR) is 147 cm³/mol. The van der Waals surface area contributed by atoms with Gasteiger partial charge in [-0.1, -0.05) is 22.9 Å². The third-order valence-electron chi connectivity index (χ3n) is 3.36. The van der Waals surface area contributed by atoms with Crippen molar-refractivity contribution >= 4 is 102 Å². The topological polar surface area (TPSA) is 40.6 Å². The standard InChI is InChI=1S/C16H25NO3S8Si/c1-3-19-29(20-11-6-10-18-2)13-7-12-21-24-26-28-27-25-23-16-17-14-8-4-5-9-15(14)22-16/h4-5,8-9,29H,3,6-7,10-13H2,1-2H3. The molecule has 0 amide bonds. The van der Waals surface area contributed by atoms with Crippen LogP contribution in [-0.4, -0.2) is 47.0 Å². The molecule has 0 bridgehead atoms. The number of methoxy groups -OCH3 is 1. The molecule has 29 heavy (non-hydrogen) atoms. The third kappa shape index (κ3) is 12.5. The Balaban J connectivity index is 1.42. The molecule has 0 spiro atoms. The highest BCUT2D eigenvalue weighted by molar-refractivity contribution is 9.46. The Labute approximate surface area is 205 Å². The maximum atomic E-state index is 5.91. The zero-order chi connectivity index (χ0) is 20.6. The summed E-state index contributed by atoms with van der Waals surface area (Å²) in [4.78, 5) is 4.63. The van der Waals surface area contributed by atoms with E-state index in [1.54, 1.807) is 48.9 Å². The minimum absolute atomic E-state index is 0.749. The minimum Gasteiger partial charge on any atom is -0.397 e. The SMILES string of the molecule is CCO[SiH](CCCSSSSSSSc1nc2ccccc2s1)OCCCOC. The third-order valence-corrected chi connectivity index (χ3v) is 19.9. The molecule has 1 unspecified atom stereocenters. The molecule has 0 aliphatic rings. The first kappa shape index (κ1) is 26.9. The molecule has 0 aliphatic heterocycles. The Morgan fingerprint density at radius 3 is 2.66 bits per heavy atom. The summed E-state index contributed by atoms with van der Waals surface area (Å²) in [5, 5.41) is 0. The van der Waals surface area contributed by atoms with Crippen molar-refractivity contribution in [3.05, 3.63) is 24.3 Å². The molecule has 0 radical (unpaired) electrons. The molecular formula is C16H25NO3S8Si. The summed E-state index contributed by atoms with van der Waals surface area (Å²) in [6.45, 7) is 4.30. The van der Waals surface area contributed by atoms with Crippen molar-refractivity contribution in [1.82, 2.24) is 4.98 Å². The molecule has 1 atom stereocenters. The number of aromatic nitrogens is 1. The summed E-state index contributed by atoms with van der Waals surface area (Å²) in [5.74, 6) is 1.13. The first-order valence-electron chi connectivity index (χ1n) is 9.04. The quantitative estimate of drug-likeness (QED) is 0.101. The molecule has 2 rings (SSSR count). The van der Waals surface area contributed by atoms with E-state index in [9.17, 15) is 0 Å². The maximum Gasteiger partial charge on any atom is 0.321 e. The molecule has 0 aliphatic carbocycles. The zero-order valence-corrected chi connectivity index (χ0v) is 24.0. The van der Waals surface area contributed by atoms with Gasteiger partial charge in [-0.25, -0.2) is 4.98 Å². The number of ether oxygens (including phenoxy) is 1. The summed E-state index contributed by atoms with van der Waals surface area (Å²) in [6.07, 6.45) is 2.10. The zero-order valence-electron chi connectivity index (χ0n) is 16.3. The number of para-hydroxylation sites is 1. The summed E-state index contributed by atoms with van der Waals surface area (Å²) >= 11 is 1.76. The second-order valence-corrected chi connectivity index (χ2v) is 20.1. The fourth-order valence-corrected chi connectivity index (χ4v) is 19.8. The van der Waals surface area contributed by atoms with Crippen LogP contribution >= 0.6 is 82.1 Å². The molecule has 164 valence electrons. The molecule has 1 aromatic heterocycles. The molecular weight excluding hydrogens is 539 g/mol. The van der Waals surface area contributed by atoms with Gasteiger partial charge < -0.3 is 13.6 Å². The number of benzene rings is 1. The van der Waals surface area contributed by atoms with Crippen LogP contribution in [0.25, 0.3) is 10.2 Å². The summed E-state index contributed by atoms with van der Waals surface area (Å²) in [5.41, 5.74) is 1.09. The molecule has 2 aromatic rings. The number of hydrogen-bond donors (Lipinski definition) is 0. The normalized spacial score (nSPS) is 12.6. The van der Waals surface area contributed by atoms with E-state index in [4.69, 9.17) is 13.6 Å². The van der Waals surface area contributed by atoms with E-state index >= 15 is 0 Å². The lowest BCUT2D eigenvalue weighted by Gasteiger charge is -2.15. The van der Waals surface area contributed by atoms with Crippen molar-refractivity contribution in [2.75, 3.05) is 32.7 Å². The minimum atomic E-state index is -1.50. The lowest BCUT2D eigenvalue weighted by molar-refractivity contribution is 0.152. The van der Waals surface area contributed by atoms with Crippen molar-refractivity contribution in [2.24, 2.45) is 0 Å². The van der Waals surface area contributed by atoms with Gasteiger partial charge in [0, 0.05) is 32.7 Å². The Bertz CT molecular complexity index is 635. The van der Waals surface area contributed by atoms with Gasteiger partial charge in [0.05, 0.1) is 10.2 Å². The van der Waals surface area contributed by atoms with Gasteiger partial charge in [-0.05, 0) is 97.9 Å². The summed E-state index contributed by atoms with van der Waals surface area (Å²) < 4.78 is 19.1. The van der Waals surface area contributed by atoms with Crippen molar-refractivity contribution in [3.8, 4) is 0 Å². The van der Waals surface area contributed by atoms with Crippen LogP contribution in [0.2, 0.25) is 6.04 Å². The fourth-order valence-electron chi connectivity index (χ4n) is 2.15. The Kier molecular flexibility index (Phi) is 16.8. The van der Waals surface area contributed by atoms with Crippen LogP contribution in [0.1, 0.15) is 19.8 Å². The van der Waals surface area contributed by atoms with E-state index in [-0.39, 0.29) is 0 Å². The molecule has 0 N–H and O–H groups in total. The summed E-state index contributed by atoms with van der Waals surface area (Å²) in [7, 11) is 12.9. The Hall–Kier alpha value is 1.66. The van der Waals surface area contributed by atoms with Gasteiger partial charge in [0.2, 0.25) is 0 Å². The van der Waals surface area contributed by atoms with Crippen LogP contribution in [-0.2, 0) is 13.6 Å². The smallest absolute Gasteiger partial charge is 0.321 e. The van der Waals surface area contributed by atoms with Crippen LogP contribution in [0, 0.1) is 0 Å². The fraction of sp³-hybridized carbons (Fsp3) is 0.562. The number of nitrogens with zero attached hydrogens (tertiary/aromatic N) is 1. The van der Waals surface area contributed by atoms with E-state index in [1.165, 1.54) is 4.70 Å². The van der Waals surface area contributed by atoms with Crippen molar-refractivity contribution in [1.29, 1.82) is 0 Å². The molecule has 4 nitrogen and oxygen atoms in total. The lowest BCUT2D eigenvalue weighted by atomic mass is 10.3. The largest absolute Gasteiger partial charge is 0.397 e. The van der Waals surface area contributed by atoms with E-state index in [1.807, 2.05) is 53.3 Å². The van der Waals surface area contributed by atoms with Gasteiger partial charge in [0.1, 0.15) is 0 Å². The first-order valence-corrected chi connectivity index (χ1v) is 20.6. The van der Waals surface area contributed by atoms with Gasteiger partial charge in [0.25, 0.3) is 0 Å². The highest BCUT2D eigenvalue weighted by Gasteiger charge is 2.12. The van der Waals surface area contributed by atoms with Crippen molar-refractivity contribution < 1.29 is 13.6 Å². The molecule has 0 saturated heterocycles. The van der Waals surface area contributed by atoms with Crippen LogP contribution in [0.5, 0.6) is 0 Å². The molecule has 1 heterocycles. The maximum absolute atomic E-state index is 5.91. The number of fused-ring (bicyclic) bond motifs is 1. The number of rotatable bonds is 18. The average molecular weight is 564 g/mol. The summed E-state index contributed by atoms with van der Waals surface area (Å²) in [6, 6.07) is 9.37. The van der Waals surface area contributed by atoms with Crippen molar-refractivity contribution in [3.63, 3.8) is 0 Å². The van der Waals surface area contributed by atoms with Gasteiger partial charge in [-0.15, -0.1) is 11.3 Å². The van der Waals surface area contributed by atoms with Gasteiger partial charge in [0.15, 0.2) is 4.34 Å². The average Bonchev–Trinajstić information content (AvgIpc) is 3.15. The van der Waals surface area contributed by atoms with Gasteiger partial charge in [-0.3, -0.25) is 0 Å². The monoisotopic (exact) mass is 563 g/mol. The van der Waals surface area contributed by atoms with E-state index in [0.717, 1.165) is 54.3 Å². The second-order valence-electron chi connectivity index (χ2n) is 5.44. The van der Waals surface area contributed by atoms with Crippen molar-refractivity contribution in [2.45, 2.75) is 30.1 Å². The van der Waals surface area contributed by atoms with Crippen LogP contribution in [0.4, 0.5) is 0 Å². The molecule has 0 fully saturated rings. The van der Waals surface area contributed by atoms with E-state index in [0.29, 0.717) is 0 Å². The van der Waals surface area contributed by atoms with Gasteiger partial charge in [-0.2, -0.15) is 0 Å². The Morgan fingerprint density at radius 1 is 1.00 bits per heavy atom. The molecule has 1 aromatic carbocycles. The Morgan fingerprint density at radius 2 is 1.83 bits per heavy atom. The number of hydrogen-bond acceptors (Lipinski definition) is 12. The van der Waals surface area contributed by atoms with E-state index in [2.05, 4.69) is 23.2 Å². The highest BCUT2D eigenvalue weighted by Crippen LogP contribution is 2.56. The first-order chi connectivity index (χ1) is 14.3. The van der Waals surface area contributed by atoms with Crippen LogP contribution in [0.3, 0.4) is 0 Å². The molecule has 0 saturated carbocycles. The van der Waals surface area contributed by atoms with Gasteiger partial charge >= 0.3 is 9.28 Å². The molecule has 13 heteroatoms. The number of thiazole rings is 1. The van der Waals surface area contributed by atoms with Crippen LogP contribution in [0.15, 0.2) is 28.6 Å². The highest BCUT2D eigenvalue weighted by atomic mass is 33.9. The van der Waals surface area contributed by atoms with E-state index < -0.39 is 9.28 Å². The second kappa shape index (κ2) is 18.1. The van der Waals surface area contributed by atoms with Crippen LogP contribution < -0.4 is 0 Å².